The van der Waals surface area contributed by atoms with Crippen LogP contribution < -0.4 is 10.6 Å². The van der Waals surface area contributed by atoms with Gasteiger partial charge in [-0.1, -0.05) is 6.07 Å². The standard InChI is InChI=1S/C15H13FN6O2/c16-10-2-1-3-12(6-10)22-5-4-13(21-22)15(24)17-9-14(23)20-11-7-18-19-8-11/h1-8H,9H2,(H,17,24)(H,18,19)(H,20,23). The van der Waals surface area contributed by atoms with Crippen molar-refractivity contribution < 1.29 is 14.0 Å². The fraction of sp³-hybridized carbons (Fsp3) is 0.0667. The molecule has 0 atom stereocenters. The third-order valence-corrected chi connectivity index (χ3v) is 3.09. The molecule has 122 valence electrons. The number of nitrogens with one attached hydrogen (secondary N) is 3. The summed E-state index contributed by atoms with van der Waals surface area (Å²) in [5.74, 6) is -1.30. The Hall–Kier alpha value is -3.49. The van der Waals surface area contributed by atoms with E-state index < -0.39 is 17.6 Å². The van der Waals surface area contributed by atoms with E-state index in [9.17, 15) is 14.0 Å². The Morgan fingerprint density at radius 3 is 2.92 bits per heavy atom. The number of aromatic amines is 1. The van der Waals surface area contributed by atoms with E-state index >= 15 is 0 Å². The molecule has 0 aliphatic heterocycles. The lowest BCUT2D eigenvalue weighted by atomic mass is 10.3. The third-order valence-electron chi connectivity index (χ3n) is 3.09. The summed E-state index contributed by atoms with van der Waals surface area (Å²) in [5.41, 5.74) is 1.12. The van der Waals surface area contributed by atoms with Crippen LogP contribution in [0.4, 0.5) is 10.1 Å². The number of anilines is 1. The topological polar surface area (TPSA) is 105 Å². The first kappa shape index (κ1) is 15.4. The second-order valence-corrected chi connectivity index (χ2v) is 4.84. The van der Waals surface area contributed by atoms with E-state index in [1.165, 1.54) is 41.5 Å². The first-order chi connectivity index (χ1) is 11.6. The zero-order valence-corrected chi connectivity index (χ0v) is 12.4. The minimum Gasteiger partial charge on any atom is -0.342 e. The highest BCUT2D eigenvalue weighted by Gasteiger charge is 2.12. The lowest BCUT2D eigenvalue weighted by Crippen LogP contribution is -2.33. The van der Waals surface area contributed by atoms with Gasteiger partial charge >= 0.3 is 0 Å². The predicted octanol–water partition coefficient (Wildman–Crippen LogP) is 1.10. The maximum Gasteiger partial charge on any atom is 0.272 e. The van der Waals surface area contributed by atoms with Crippen molar-refractivity contribution in [3.05, 3.63) is 60.4 Å². The van der Waals surface area contributed by atoms with Crippen molar-refractivity contribution in [3.8, 4) is 5.69 Å². The molecule has 0 fully saturated rings. The van der Waals surface area contributed by atoms with Gasteiger partial charge in [0.1, 0.15) is 5.82 Å². The molecular weight excluding hydrogens is 315 g/mol. The van der Waals surface area contributed by atoms with Crippen LogP contribution in [0, 0.1) is 5.82 Å². The maximum atomic E-state index is 13.2. The van der Waals surface area contributed by atoms with Crippen molar-refractivity contribution in [2.24, 2.45) is 0 Å². The second-order valence-electron chi connectivity index (χ2n) is 4.84. The van der Waals surface area contributed by atoms with Crippen molar-refractivity contribution in [3.63, 3.8) is 0 Å². The van der Waals surface area contributed by atoms with Gasteiger partial charge in [-0.05, 0) is 24.3 Å². The first-order valence-electron chi connectivity index (χ1n) is 7.00. The number of rotatable bonds is 5. The molecule has 0 unspecified atom stereocenters. The number of carbonyl (C=O) groups is 2. The van der Waals surface area contributed by atoms with Gasteiger partial charge in [-0.25, -0.2) is 9.07 Å². The van der Waals surface area contributed by atoms with Crippen molar-refractivity contribution >= 4 is 17.5 Å². The summed E-state index contributed by atoms with van der Waals surface area (Å²) in [6, 6.07) is 7.31. The maximum absolute atomic E-state index is 13.2. The minimum atomic E-state index is -0.507. The van der Waals surface area contributed by atoms with E-state index in [0.717, 1.165) is 0 Å². The molecule has 2 aromatic heterocycles. The number of carbonyl (C=O) groups excluding carboxylic acids is 2. The average Bonchev–Trinajstić information content (AvgIpc) is 3.24. The van der Waals surface area contributed by atoms with Crippen LogP contribution in [0.2, 0.25) is 0 Å². The van der Waals surface area contributed by atoms with Gasteiger partial charge in [-0.3, -0.25) is 14.7 Å². The number of aromatic nitrogens is 4. The summed E-state index contributed by atoms with van der Waals surface area (Å²) < 4.78 is 14.6. The Morgan fingerprint density at radius 1 is 1.29 bits per heavy atom. The Morgan fingerprint density at radius 2 is 2.17 bits per heavy atom. The molecule has 8 nitrogen and oxygen atoms in total. The summed E-state index contributed by atoms with van der Waals surface area (Å²) in [4.78, 5) is 23.7. The number of amides is 2. The Balaban J connectivity index is 1.59. The quantitative estimate of drug-likeness (QED) is 0.652. The minimum absolute atomic E-state index is 0.121. The van der Waals surface area contributed by atoms with Crippen molar-refractivity contribution in [1.82, 2.24) is 25.3 Å². The fourth-order valence-electron chi connectivity index (χ4n) is 1.98. The average molecular weight is 328 g/mol. The molecule has 0 saturated carbocycles. The Kier molecular flexibility index (Phi) is 4.32. The van der Waals surface area contributed by atoms with Gasteiger partial charge in [0.2, 0.25) is 5.91 Å². The van der Waals surface area contributed by atoms with E-state index in [1.54, 1.807) is 12.1 Å². The van der Waals surface area contributed by atoms with Crippen LogP contribution in [0.15, 0.2) is 48.9 Å². The van der Waals surface area contributed by atoms with Gasteiger partial charge in [0, 0.05) is 12.4 Å². The molecule has 0 radical (unpaired) electrons. The van der Waals surface area contributed by atoms with Crippen LogP contribution in [0.3, 0.4) is 0 Å². The number of nitrogens with zero attached hydrogens (tertiary/aromatic N) is 3. The van der Waals surface area contributed by atoms with E-state index in [0.29, 0.717) is 11.4 Å². The summed E-state index contributed by atoms with van der Waals surface area (Å²) in [5, 5.41) is 15.3. The lowest BCUT2D eigenvalue weighted by molar-refractivity contribution is -0.115. The summed E-state index contributed by atoms with van der Waals surface area (Å²) >= 11 is 0. The van der Waals surface area contributed by atoms with Gasteiger partial charge in [0.05, 0.1) is 24.1 Å². The van der Waals surface area contributed by atoms with Crippen molar-refractivity contribution in [2.45, 2.75) is 0 Å². The largest absolute Gasteiger partial charge is 0.342 e. The highest BCUT2D eigenvalue weighted by molar-refractivity contribution is 5.98. The molecule has 3 N–H and O–H groups in total. The van der Waals surface area contributed by atoms with Crippen LogP contribution in [0.5, 0.6) is 0 Å². The van der Waals surface area contributed by atoms with E-state index in [-0.39, 0.29) is 12.2 Å². The lowest BCUT2D eigenvalue weighted by Gasteiger charge is -2.04. The first-order valence-corrected chi connectivity index (χ1v) is 7.00. The van der Waals surface area contributed by atoms with Crippen LogP contribution in [0.1, 0.15) is 10.5 Å². The SMILES string of the molecule is O=C(CNC(=O)c1ccn(-c2cccc(F)c2)n1)Nc1cn[nH]c1. The number of H-pyrrole nitrogens is 1. The molecule has 1 aromatic carbocycles. The van der Waals surface area contributed by atoms with Crippen LogP contribution >= 0.6 is 0 Å². The zero-order valence-electron chi connectivity index (χ0n) is 12.4. The molecule has 0 aliphatic carbocycles. The third kappa shape index (κ3) is 3.64. The molecule has 3 rings (SSSR count). The molecular formula is C15H13FN6O2. The van der Waals surface area contributed by atoms with Crippen LogP contribution in [-0.4, -0.2) is 38.3 Å². The van der Waals surface area contributed by atoms with Gasteiger partial charge in [0.15, 0.2) is 5.69 Å². The zero-order chi connectivity index (χ0) is 16.9. The number of halogens is 1. The second kappa shape index (κ2) is 6.73. The smallest absolute Gasteiger partial charge is 0.272 e. The van der Waals surface area contributed by atoms with Crippen LogP contribution in [0.25, 0.3) is 5.69 Å². The summed E-state index contributed by atoms with van der Waals surface area (Å²) in [6.45, 7) is -0.211. The number of hydrogen-bond donors (Lipinski definition) is 3. The molecule has 3 aromatic rings. The van der Waals surface area contributed by atoms with Crippen molar-refractivity contribution in [2.75, 3.05) is 11.9 Å². The van der Waals surface area contributed by atoms with Crippen LogP contribution in [-0.2, 0) is 4.79 Å². The highest BCUT2D eigenvalue weighted by Crippen LogP contribution is 2.09. The highest BCUT2D eigenvalue weighted by atomic mass is 19.1. The normalized spacial score (nSPS) is 10.4. The van der Waals surface area contributed by atoms with E-state index in [4.69, 9.17) is 0 Å². The fourth-order valence-corrected chi connectivity index (χ4v) is 1.98. The van der Waals surface area contributed by atoms with Gasteiger partial charge in [-0.2, -0.15) is 10.2 Å². The summed E-state index contributed by atoms with van der Waals surface area (Å²) in [7, 11) is 0. The Labute approximate surface area is 135 Å². The Bertz CT molecular complexity index is 858. The molecule has 2 heterocycles. The van der Waals surface area contributed by atoms with Crippen molar-refractivity contribution in [1.29, 1.82) is 0 Å². The molecule has 0 bridgehead atoms. The summed E-state index contributed by atoms with van der Waals surface area (Å²) in [6.07, 6.45) is 4.50. The molecule has 0 aliphatic rings. The molecule has 2 amide bonds. The molecule has 9 heteroatoms. The molecule has 0 saturated heterocycles. The van der Waals surface area contributed by atoms with Gasteiger partial charge in [-0.15, -0.1) is 0 Å². The molecule has 24 heavy (non-hydrogen) atoms. The number of hydrogen-bond acceptors (Lipinski definition) is 4. The van der Waals surface area contributed by atoms with E-state index in [2.05, 4.69) is 25.9 Å². The monoisotopic (exact) mass is 328 g/mol. The van der Waals surface area contributed by atoms with Gasteiger partial charge in [0.25, 0.3) is 5.91 Å². The predicted molar refractivity (Wildman–Crippen MR) is 83.1 cm³/mol. The van der Waals surface area contributed by atoms with Gasteiger partial charge < -0.3 is 10.6 Å². The van der Waals surface area contributed by atoms with E-state index in [1.807, 2.05) is 0 Å². The number of benzene rings is 1. The molecule has 0 spiro atoms.